The monoisotopic (exact) mass is 402 g/mol. The van der Waals surface area contributed by atoms with Gasteiger partial charge in [-0.15, -0.1) is 0 Å². The minimum atomic E-state index is -1.16. The number of hydrogen-bond donors (Lipinski definition) is 3. The Hall–Kier alpha value is -3.51. The molecule has 3 aromatic carbocycles. The number of rotatable bonds is 6. The van der Waals surface area contributed by atoms with E-state index < -0.39 is 5.97 Å². The first-order valence-corrected chi connectivity index (χ1v) is 9.82. The van der Waals surface area contributed by atoms with Crippen molar-refractivity contribution >= 4 is 34.3 Å². The summed E-state index contributed by atoms with van der Waals surface area (Å²) in [7, 11) is 0. The average molecular weight is 402 g/mol. The van der Waals surface area contributed by atoms with Gasteiger partial charge in [0.25, 0.3) is 0 Å². The molecule has 0 radical (unpaired) electrons. The molecule has 0 bridgehead atoms. The lowest BCUT2D eigenvalue weighted by molar-refractivity contribution is 0.0694. The maximum atomic E-state index is 11.2. The summed E-state index contributed by atoms with van der Waals surface area (Å²) in [4.78, 5) is 17.8. The molecule has 6 heteroatoms. The summed E-state index contributed by atoms with van der Waals surface area (Å²) in [6, 6.07) is 22.7. The van der Waals surface area contributed by atoms with E-state index in [4.69, 9.17) is 5.11 Å². The van der Waals surface area contributed by atoms with Crippen molar-refractivity contribution in [2.24, 2.45) is 0 Å². The molecule has 0 saturated carbocycles. The molecule has 1 heterocycles. The maximum absolute atomic E-state index is 11.2. The fourth-order valence-electron chi connectivity index (χ4n) is 3.00. The van der Waals surface area contributed by atoms with Crippen molar-refractivity contribution in [1.82, 2.24) is 4.98 Å². The van der Waals surface area contributed by atoms with Gasteiger partial charge in [0.2, 0.25) is 0 Å². The lowest BCUT2D eigenvalue weighted by Crippen LogP contribution is -2.03. The van der Waals surface area contributed by atoms with Gasteiger partial charge in [0.05, 0.1) is 5.52 Å². The van der Waals surface area contributed by atoms with Crippen LogP contribution in [0.1, 0.15) is 15.9 Å². The zero-order valence-corrected chi connectivity index (χ0v) is 16.2. The van der Waals surface area contributed by atoms with Gasteiger partial charge in [0.1, 0.15) is 11.3 Å². The molecule has 0 atom stereocenters. The first-order chi connectivity index (χ1) is 14.1. The van der Waals surface area contributed by atoms with Crippen molar-refractivity contribution in [3.63, 3.8) is 0 Å². The summed E-state index contributed by atoms with van der Waals surface area (Å²) in [6.07, 6.45) is 1.79. The summed E-state index contributed by atoms with van der Waals surface area (Å²) in [5, 5.41) is 23.2. The van der Waals surface area contributed by atoms with Gasteiger partial charge in [-0.3, -0.25) is 4.98 Å². The smallest absolute Gasteiger partial charge is 0.339 e. The lowest BCUT2D eigenvalue weighted by Gasteiger charge is -2.12. The summed E-state index contributed by atoms with van der Waals surface area (Å²) in [6.45, 7) is 0.527. The Morgan fingerprint density at radius 3 is 2.72 bits per heavy atom. The highest BCUT2D eigenvalue weighted by Gasteiger charge is 2.11. The van der Waals surface area contributed by atoms with Crippen LogP contribution in [0.15, 0.2) is 88.8 Å². The van der Waals surface area contributed by atoms with Crippen LogP contribution < -0.4 is 5.32 Å². The van der Waals surface area contributed by atoms with Gasteiger partial charge in [0.15, 0.2) is 0 Å². The molecule has 0 unspecified atom stereocenters. The van der Waals surface area contributed by atoms with E-state index in [0.29, 0.717) is 12.2 Å². The predicted octanol–water partition coefficient (Wildman–Crippen LogP) is 5.40. The molecular weight excluding hydrogens is 384 g/mol. The number of anilines is 1. The number of nitrogens with zero attached hydrogens (tertiary/aromatic N) is 1. The van der Waals surface area contributed by atoms with E-state index in [9.17, 15) is 9.90 Å². The first kappa shape index (κ1) is 18.8. The minimum Gasteiger partial charge on any atom is -0.507 e. The summed E-state index contributed by atoms with van der Waals surface area (Å²) in [5.41, 5.74) is 2.55. The van der Waals surface area contributed by atoms with Gasteiger partial charge in [-0.2, -0.15) is 0 Å². The first-order valence-electron chi connectivity index (χ1n) is 9.01. The second-order valence-electron chi connectivity index (χ2n) is 6.46. The third-order valence-electron chi connectivity index (χ3n) is 4.49. The van der Waals surface area contributed by atoms with Crippen LogP contribution in [0.2, 0.25) is 0 Å². The van der Waals surface area contributed by atoms with Crippen molar-refractivity contribution < 1.29 is 15.0 Å². The molecule has 0 aliphatic rings. The second-order valence-corrected chi connectivity index (χ2v) is 7.57. The molecule has 4 rings (SSSR count). The van der Waals surface area contributed by atoms with Crippen LogP contribution in [0.25, 0.3) is 10.9 Å². The van der Waals surface area contributed by atoms with Crippen LogP contribution in [0.4, 0.5) is 5.69 Å². The number of benzene rings is 3. The van der Waals surface area contributed by atoms with E-state index >= 15 is 0 Å². The van der Waals surface area contributed by atoms with Crippen molar-refractivity contribution in [2.75, 3.05) is 5.32 Å². The Morgan fingerprint density at radius 1 is 1.00 bits per heavy atom. The number of pyridine rings is 1. The third-order valence-corrected chi connectivity index (χ3v) is 5.60. The SMILES string of the molecule is O=C(O)c1cc(NCc2ccccc2Sc2ccc3cccnc3c2)ccc1O. The molecule has 0 fully saturated rings. The molecule has 4 aromatic rings. The van der Waals surface area contributed by atoms with Crippen LogP contribution in [0.5, 0.6) is 5.75 Å². The fraction of sp³-hybridized carbons (Fsp3) is 0.0435. The number of fused-ring (bicyclic) bond motifs is 1. The highest BCUT2D eigenvalue weighted by atomic mass is 32.2. The van der Waals surface area contributed by atoms with Gasteiger partial charge >= 0.3 is 5.97 Å². The van der Waals surface area contributed by atoms with Crippen LogP contribution in [-0.2, 0) is 6.54 Å². The van der Waals surface area contributed by atoms with E-state index in [1.807, 2.05) is 30.3 Å². The normalized spacial score (nSPS) is 10.8. The van der Waals surface area contributed by atoms with E-state index in [0.717, 1.165) is 26.3 Å². The summed E-state index contributed by atoms with van der Waals surface area (Å²) >= 11 is 1.66. The van der Waals surface area contributed by atoms with E-state index in [1.165, 1.54) is 12.1 Å². The Balaban J connectivity index is 1.54. The van der Waals surface area contributed by atoms with Crippen molar-refractivity contribution in [3.05, 3.63) is 90.1 Å². The minimum absolute atomic E-state index is 0.124. The topological polar surface area (TPSA) is 82.5 Å². The Labute approximate surface area is 172 Å². The molecule has 0 spiro atoms. The molecule has 0 saturated heterocycles. The van der Waals surface area contributed by atoms with Gasteiger partial charge in [0, 0.05) is 33.6 Å². The fourth-order valence-corrected chi connectivity index (χ4v) is 3.98. The number of carbonyl (C=O) groups is 1. The number of aromatic nitrogens is 1. The van der Waals surface area contributed by atoms with Crippen molar-refractivity contribution in [2.45, 2.75) is 16.3 Å². The molecule has 0 aliphatic heterocycles. The predicted molar refractivity (Wildman–Crippen MR) is 115 cm³/mol. The van der Waals surface area contributed by atoms with Crippen LogP contribution in [-0.4, -0.2) is 21.2 Å². The van der Waals surface area contributed by atoms with Crippen molar-refractivity contribution in [3.8, 4) is 5.75 Å². The molecule has 29 heavy (non-hydrogen) atoms. The van der Waals surface area contributed by atoms with Crippen LogP contribution >= 0.6 is 11.8 Å². The highest BCUT2D eigenvalue weighted by molar-refractivity contribution is 7.99. The number of aromatic hydroxyl groups is 1. The van der Waals surface area contributed by atoms with Gasteiger partial charge in [-0.05, 0) is 48.0 Å². The molecular formula is C23H18N2O3S. The number of hydrogen-bond acceptors (Lipinski definition) is 5. The molecule has 1 aromatic heterocycles. The van der Waals surface area contributed by atoms with E-state index in [1.54, 1.807) is 24.0 Å². The van der Waals surface area contributed by atoms with Crippen molar-refractivity contribution in [1.29, 1.82) is 0 Å². The molecule has 0 amide bonds. The number of carboxylic acid groups (broad SMARTS) is 1. The van der Waals surface area contributed by atoms with Gasteiger partial charge in [-0.25, -0.2) is 4.79 Å². The quantitative estimate of drug-likeness (QED) is 0.375. The number of nitrogens with one attached hydrogen (secondary N) is 1. The standard InChI is InChI=1S/C23H18N2O3S/c26-21-10-8-17(12-19(21)23(27)28)25-14-16-4-1-2-6-22(16)29-18-9-7-15-5-3-11-24-20(15)13-18/h1-13,25-26H,14H2,(H,27,28). The number of aromatic carboxylic acids is 1. The van der Waals surface area contributed by atoms with Crippen LogP contribution in [0.3, 0.4) is 0 Å². The summed E-state index contributed by atoms with van der Waals surface area (Å²) < 4.78 is 0. The van der Waals surface area contributed by atoms with Gasteiger partial charge in [-0.1, -0.05) is 42.1 Å². The van der Waals surface area contributed by atoms with E-state index in [-0.39, 0.29) is 11.3 Å². The largest absolute Gasteiger partial charge is 0.507 e. The zero-order chi connectivity index (χ0) is 20.2. The highest BCUT2D eigenvalue weighted by Crippen LogP contribution is 2.32. The Bertz CT molecular complexity index is 1190. The van der Waals surface area contributed by atoms with E-state index in [2.05, 4.69) is 34.6 Å². The Morgan fingerprint density at radius 2 is 1.86 bits per heavy atom. The molecule has 0 aliphatic carbocycles. The average Bonchev–Trinajstić information content (AvgIpc) is 2.74. The third kappa shape index (κ3) is 4.33. The zero-order valence-electron chi connectivity index (χ0n) is 15.4. The second kappa shape index (κ2) is 8.24. The molecule has 5 nitrogen and oxygen atoms in total. The Kier molecular flexibility index (Phi) is 5.35. The molecule has 144 valence electrons. The molecule has 3 N–H and O–H groups in total. The lowest BCUT2D eigenvalue weighted by atomic mass is 10.1. The summed E-state index contributed by atoms with van der Waals surface area (Å²) in [5.74, 6) is -1.41. The number of carboxylic acids is 1. The van der Waals surface area contributed by atoms with Crippen LogP contribution in [0, 0.1) is 0 Å². The number of phenols is 1. The van der Waals surface area contributed by atoms with Gasteiger partial charge < -0.3 is 15.5 Å². The maximum Gasteiger partial charge on any atom is 0.339 e.